The van der Waals surface area contributed by atoms with Gasteiger partial charge in [0.25, 0.3) is 0 Å². The zero-order chi connectivity index (χ0) is 19.3. The van der Waals surface area contributed by atoms with Crippen molar-refractivity contribution in [3.05, 3.63) is 39.8 Å². The lowest BCUT2D eigenvalue weighted by Gasteiger charge is -2.22. The molecule has 0 radical (unpaired) electrons. The highest BCUT2D eigenvalue weighted by atomic mass is 35.5. The second-order valence-corrected chi connectivity index (χ2v) is 8.88. The van der Waals surface area contributed by atoms with Gasteiger partial charge in [-0.2, -0.15) is 0 Å². The molecule has 4 rings (SSSR count). The van der Waals surface area contributed by atoms with E-state index in [-0.39, 0.29) is 17.7 Å². The Bertz CT molecular complexity index is 975. The van der Waals surface area contributed by atoms with Crippen LogP contribution < -0.4 is 0 Å². The summed E-state index contributed by atoms with van der Waals surface area (Å²) in [6.07, 6.45) is 5.82. The molecule has 0 amide bonds. The van der Waals surface area contributed by atoms with Gasteiger partial charge in [-0.3, -0.25) is 14.4 Å². The number of hydrogen-bond donors (Lipinski definition) is 1. The number of nitrogens with zero attached hydrogens (tertiary/aromatic N) is 4. The minimum absolute atomic E-state index is 0.0501. The maximum absolute atomic E-state index is 11.5. The first kappa shape index (κ1) is 18.4. The number of carboxylic acid groups (broad SMARTS) is 1. The second kappa shape index (κ2) is 6.87. The number of halogens is 1. The molecule has 0 saturated heterocycles. The minimum atomic E-state index is -0.895. The van der Waals surface area contributed by atoms with E-state index in [9.17, 15) is 9.90 Å². The van der Waals surface area contributed by atoms with Crippen molar-refractivity contribution < 1.29 is 9.90 Å². The molecule has 27 heavy (non-hydrogen) atoms. The fourth-order valence-corrected chi connectivity index (χ4v) is 5.23. The number of allylic oxidation sites excluding steroid dienone is 2. The Hall–Kier alpha value is -1.99. The Morgan fingerprint density at radius 1 is 1.30 bits per heavy atom. The number of carboxylic acids is 1. The monoisotopic (exact) mass is 404 g/mol. The molecule has 0 bridgehead atoms. The van der Waals surface area contributed by atoms with Crippen molar-refractivity contribution in [2.24, 2.45) is 10.9 Å². The number of rotatable bonds is 3. The van der Waals surface area contributed by atoms with E-state index >= 15 is 0 Å². The molecule has 3 heterocycles. The highest BCUT2D eigenvalue weighted by molar-refractivity contribution is 7.15. The molecule has 142 valence electrons. The Morgan fingerprint density at radius 3 is 2.74 bits per heavy atom. The van der Waals surface area contributed by atoms with E-state index in [4.69, 9.17) is 16.6 Å². The van der Waals surface area contributed by atoms with Gasteiger partial charge in [-0.1, -0.05) is 12.2 Å². The van der Waals surface area contributed by atoms with Gasteiger partial charge in [-0.25, -0.2) is 0 Å². The van der Waals surface area contributed by atoms with E-state index in [0.29, 0.717) is 5.82 Å². The average molecular weight is 405 g/mol. The molecule has 2 unspecified atom stereocenters. The molecule has 8 heteroatoms. The first-order chi connectivity index (χ1) is 12.9. The highest BCUT2D eigenvalue weighted by Crippen LogP contribution is 2.41. The number of aliphatic imine (C=N–C) groups is 1. The third kappa shape index (κ3) is 3.12. The van der Waals surface area contributed by atoms with E-state index in [1.807, 2.05) is 17.6 Å². The van der Waals surface area contributed by atoms with E-state index in [1.54, 1.807) is 11.3 Å². The van der Waals surface area contributed by atoms with Gasteiger partial charge in [-0.05, 0) is 39.2 Å². The molecule has 0 saturated carbocycles. The van der Waals surface area contributed by atoms with E-state index in [2.05, 4.69) is 30.1 Å². The molecule has 3 atom stereocenters. The summed E-state index contributed by atoms with van der Waals surface area (Å²) in [6.45, 7) is 6.10. The van der Waals surface area contributed by atoms with Crippen LogP contribution in [-0.4, -0.2) is 36.9 Å². The van der Waals surface area contributed by atoms with Gasteiger partial charge in [0.05, 0.1) is 17.5 Å². The number of aliphatic carboxylic acids is 1. The number of alkyl halides is 1. The molecular formula is C19H21ClN4O2S. The van der Waals surface area contributed by atoms with E-state index < -0.39 is 12.0 Å². The Labute approximate surface area is 166 Å². The molecule has 1 aliphatic carbocycles. The summed E-state index contributed by atoms with van der Waals surface area (Å²) >= 11 is 7.92. The van der Waals surface area contributed by atoms with E-state index in [0.717, 1.165) is 34.9 Å². The molecule has 0 fully saturated rings. The van der Waals surface area contributed by atoms with Gasteiger partial charge in [0, 0.05) is 16.4 Å². The molecule has 1 N–H and O–H groups in total. The van der Waals surface area contributed by atoms with Crippen molar-refractivity contribution >= 4 is 34.6 Å². The lowest BCUT2D eigenvalue weighted by Crippen LogP contribution is -2.20. The van der Waals surface area contributed by atoms with E-state index in [1.165, 1.54) is 10.4 Å². The minimum Gasteiger partial charge on any atom is -0.481 e. The molecular weight excluding hydrogens is 384 g/mol. The standard InChI is InChI=1S/C19H21ClN4O2S/c1-9-10(2)27-19-16(9)17(12-4-6-13(20)7-5-12)21-14(8-15(25)26)18-23-22-11(3)24(18)19/h4,6,12-14H,5,7-8H2,1-3H3,(H,25,26)/t12?,13?,14-/m0/s1. The number of fused-ring (bicyclic) bond motifs is 3. The van der Waals surface area contributed by atoms with Crippen LogP contribution >= 0.6 is 22.9 Å². The Morgan fingerprint density at radius 2 is 2.07 bits per heavy atom. The van der Waals surface area contributed by atoms with Crippen molar-refractivity contribution in [1.82, 2.24) is 14.8 Å². The first-order valence-electron chi connectivity index (χ1n) is 9.01. The summed E-state index contributed by atoms with van der Waals surface area (Å²) in [5.74, 6) is 0.579. The first-order valence-corrected chi connectivity index (χ1v) is 10.3. The largest absolute Gasteiger partial charge is 0.481 e. The molecule has 2 aromatic heterocycles. The summed E-state index contributed by atoms with van der Waals surface area (Å²) in [4.78, 5) is 17.7. The summed E-state index contributed by atoms with van der Waals surface area (Å²) in [5, 5.41) is 19.0. The van der Waals surface area contributed by atoms with Crippen molar-refractivity contribution in [1.29, 1.82) is 0 Å². The number of aryl methyl sites for hydroxylation is 2. The van der Waals surface area contributed by atoms with Gasteiger partial charge < -0.3 is 5.11 Å². The molecule has 2 aliphatic rings. The lowest BCUT2D eigenvalue weighted by molar-refractivity contribution is -0.137. The zero-order valence-electron chi connectivity index (χ0n) is 15.4. The summed E-state index contributed by atoms with van der Waals surface area (Å²) in [6, 6.07) is -0.555. The van der Waals surface area contributed by atoms with Gasteiger partial charge in [0.15, 0.2) is 5.82 Å². The SMILES string of the molecule is Cc1sc2c(c1C)C(C1C=CC(Cl)CC1)=N[C@@H](CC(=O)O)c1nnc(C)n1-2. The van der Waals surface area contributed by atoms with Gasteiger partial charge >= 0.3 is 5.97 Å². The third-order valence-corrected chi connectivity index (χ3v) is 6.85. The Kier molecular flexibility index (Phi) is 4.68. The topological polar surface area (TPSA) is 80.4 Å². The summed E-state index contributed by atoms with van der Waals surface area (Å²) < 4.78 is 1.99. The van der Waals surface area contributed by atoms with Crippen molar-refractivity contribution in [2.75, 3.05) is 0 Å². The molecule has 2 aromatic rings. The second-order valence-electron chi connectivity index (χ2n) is 7.12. The molecule has 0 aromatic carbocycles. The normalized spacial score (nSPS) is 24.1. The van der Waals surface area contributed by atoms with Crippen LogP contribution in [0.4, 0.5) is 0 Å². The van der Waals surface area contributed by atoms with Crippen LogP contribution in [0.1, 0.15) is 53.0 Å². The van der Waals surface area contributed by atoms with Crippen LogP contribution in [0.15, 0.2) is 17.1 Å². The van der Waals surface area contributed by atoms with Crippen LogP contribution in [0.25, 0.3) is 5.00 Å². The van der Waals surface area contributed by atoms with Crippen LogP contribution in [0.5, 0.6) is 0 Å². The molecule has 1 aliphatic heterocycles. The maximum atomic E-state index is 11.5. The van der Waals surface area contributed by atoms with Gasteiger partial charge in [0.1, 0.15) is 16.9 Å². The Balaban J connectivity index is 1.95. The summed E-state index contributed by atoms with van der Waals surface area (Å²) in [5.41, 5.74) is 3.23. The number of aromatic nitrogens is 3. The van der Waals surface area contributed by atoms with Crippen LogP contribution in [0, 0.1) is 26.7 Å². The average Bonchev–Trinajstić information content (AvgIpc) is 3.08. The predicted octanol–water partition coefficient (Wildman–Crippen LogP) is 4.15. The number of hydrogen-bond acceptors (Lipinski definition) is 5. The molecule has 6 nitrogen and oxygen atoms in total. The van der Waals surface area contributed by atoms with Crippen LogP contribution in [0.2, 0.25) is 0 Å². The predicted molar refractivity (Wildman–Crippen MR) is 106 cm³/mol. The highest BCUT2D eigenvalue weighted by Gasteiger charge is 2.34. The van der Waals surface area contributed by atoms with Crippen molar-refractivity contribution in [3.63, 3.8) is 0 Å². The van der Waals surface area contributed by atoms with Crippen LogP contribution in [0.3, 0.4) is 0 Å². The number of thiophene rings is 1. The zero-order valence-corrected chi connectivity index (χ0v) is 17.0. The third-order valence-electron chi connectivity index (χ3n) is 5.29. The van der Waals surface area contributed by atoms with Crippen molar-refractivity contribution in [3.8, 4) is 5.00 Å². The quantitative estimate of drug-likeness (QED) is 0.615. The smallest absolute Gasteiger partial charge is 0.306 e. The fourth-order valence-electron chi connectivity index (χ4n) is 3.80. The van der Waals surface area contributed by atoms with Crippen molar-refractivity contribution in [2.45, 2.75) is 51.5 Å². The van der Waals surface area contributed by atoms with Crippen LogP contribution in [-0.2, 0) is 4.79 Å². The van der Waals surface area contributed by atoms with Gasteiger partial charge in [-0.15, -0.1) is 33.1 Å². The lowest BCUT2D eigenvalue weighted by atomic mass is 9.87. The molecule has 0 spiro atoms. The maximum Gasteiger partial charge on any atom is 0.306 e. The van der Waals surface area contributed by atoms with Gasteiger partial charge in [0.2, 0.25) is 0 Å². The fraction of sp³-hybridized carbons (Fsp3) is 0.474. The number of carbonyl (C=O) groups is 1. The summed E-state index contributed by atoms with van der Waals surface area (Å²) in [7, 11) is 0.